The number of aromatic nitrogens is 2. The second-order valence-corrected chi connectivity index (χ2v) is 6.12. The van der Waals surface area contributed by atoms with Crippen molar-refractivity contribution in [3.05, 3.63) is 51.7 Å². The van der Waals surface area contributed by atoms with Crippen LogP contribution >= 0.6 is 31.9 Å². The molecule has 0 amide bonds. The Labute approximate surface area is 138 Å². The summed E-state index contributed by atoms with van der Waals surface area (Å²) in [6.45, 7) is 0. The van der Waals surface area contributed by atoms with E-state index in [2.05, 4.69) is 47.1 Å². The minimum atomic E-state index is 0.772. The van der Waals surface area contributed by atoms with E-state index in [9.17, 15) is 0 Å². The van der Waals surface area contributed by atoms with Gasteiger partial charge in [-0.2, -0.15) is 0 Å². The molecule has 21 heavy (non-hydrogen) atoms. The number of anilines is 2. The molecule has 2 aromatic heterocycles. The zero-order valence-corrected chi connectivity index (χ0v) is 14.3. The molecule has 106 valence electrons. The fraction of sp³-hybridized carbons (Fsp3) is 0.0667. The van der Waals surface area contributed by atoms with Gasteiger partial charge in [-0.05, 0) is 56.1 Å². The van der Waals surface area contributed by atoms with E-state index in [1.54, 1.807) is 19.5 Å². The maximum Gasteiger partial charge on any atom is 0.135 e. The monoisotopic (exact) mass is 407 g/mol. The van der Waals surface area contributed by atoms with Gasteiger partial charge in [-0.1, -0.05) is 0 Å². The topological polar surface area (TPSA) is 47.0 Å². The summed E-state index contributed by atoms with van der Waals surface area (Å²) < 4.78 is 7.13. The molecule has 0 saturated heterocycles. The molecular weight excluding hydrogens is 398 g/mol. The number of fused-ring (bicyclic) bond motifs is 1. The molecule has 6 heteroatoms. The van der Waals surface area contributed by atoms with E-state index in [4.69, 9.17) is 4.74 Å². The Morgan fingerprint density at radius 3 is 2.76 bits per heavy atom. The number of hydrogen-bond donors (Lipinski definition) is 1. The fourth-order valence-electron chi connectivity index (χ4n) is 2.00. The van der Waals surface area contributed by atoms with Gasteiger partial charge in [-0.3, -0.25) is 9.97 Å². The maximum atomic E-state index is 5.31. The van der Waals surface area contributed by atoms with Crippen LogP contribution in [0, 0.1) is 0 Å². The second kappa shape index (κ2) is 5.99. The van der Waals surface area contributed by atoms with Crippen LogP contribution < -0.4 is 10.1 Å². The predicted octanol–water partition coefficient (Wildman–Crippen LogP) is 4.91. The first-order valence-electron chi connectivity index (χ1n) is 6.18. The van der Waals surface area contributed by atoms with Crippen LogP contribution in [-0.2, 0) is 0 Å². The van der Waals surface area contributed by atoms with Crippen LogP contribution in [0.4, 0.5) is 11.4 Å². The molecule has 0 unspecified atom stereocenters. The highest BCUT2D eigenvalue weighted by Gasteiger charge is 2.06. The molecule has 4 nitrogen and oxygen atoms in total. The maximum absolute atomic E-state index is 5.31. The Bertz CT molecular complexity index is 808. The summed E-state index contributed by atoms with van der Waals surface area (Å²) >= 11 is 6.85. The van der Waals surface area contributed by atoms with E-state index in [1.807, 2.05) is 30.3 Å². The minimum absolute atomic E-state index is 0.772. The van der Waals surface area contributed by atoms with Gasteiger partial charge < -0.3 is 10.1 Å². The summed E-state index contributed by atoms with van der Waals surface area (Å²) in [4.78, 5) is 8.75. The van der Waals surface area contributed by atoms with Gasteiger partial charge in [-0.15, -0.1) is 0 Å². The lowest BCUT2D eigenvalue weighted by atomic mass is 10.2. The number of ether oxygens (including phenoxy) is 1. The third kappa shape index (κ3) is 3.01. The number of methoxy groups -OCH3 is 1. The second-order valence-electron chi connectivity index (χ2n) is 4.35. The van der Waals surface area contributed by atoms with Gasteiger partial charge in [0, 0.05) is 28.6 Å². The first-order valence-corrected chi connectivity index (χ1v) is 7.77. The van der Waals surface area contributed by atoms with Gasteiger partial charge in [0.25, 0.3) is 0 Å². The van der Waals surface area contributed by atoms with Crippen molar-refractivity contribution in [3.8, 4) is 5.75 Å². The summed E-state index contributed by atoms with van der Waals surface area (Å²) in [6.07, 6.45) is 3.52. The normalized spacial score (nSPS) is 10.6. The van der Waals surface area contributed by atoms with E-state index in [1.165, 1.54) is 0 Å². The molecule has 3 aromatic rings. The lowest BCUT2D eigenvalue weighted by Gasteiger charge is -2.11. The van der Waals surface area contributed by atoms with Crippen LogP contribution in [0.1, 0.15) is 0 Å². The number of pyridine rings is 2. The van der Waals surface area contributed by atoms with Crippen LogP contribution in [0.2, 0.25) is 0 Å². The molecule has 1 aromatic carbocycles. The van der Waals surface area contributed by atoms with Gasteiger partial charge >= 0.3 is 0 Å². The zero-order valence-electron chi connectivity index (χ0n) is 11.1. The van der Waals surface area contributed by atoms with Crippen molar-refractivity contribution in [1.29, 1.82) is 0 Å². The Kier molecular flexibility index (Phi) is 4.07. The van der Waals surface area contributed by atoms with Crippen molar-refractivity contribution in [3.63, 3.8) is 0 Å². The summed E-state index contributed by atoms with van der Waals surface area (Å²) in [5, 5.41) is 3.35. The van der Waals surface area contributed by atoms with Crippen LogP contribution in [0.5, 0.6) is 5.75 Å². The van der Waals surface area contributed by atoms with Crippen LogP contribution in [0.3, 0.4) is 0 Å². The van der Waals surface area contributed by atoms with Crippen molar-refractivity contribution in [2.45, 2.75) is 0 Å². The SMILES string of the molecule is COc1cc(Nc2ccnc3cc(Br)cnc23)ccc1Br. The Morgan fingerprint density at radius 1 is 1.10 bits per heavy atom. The van der Waals surface area contributed by atoms with E-state index in [-0.39, 0.29) is 0 Å². The fourth-order valence-corrected chi connectivity index (χ4v) is 2.73. The highest BCUT2D eigenvalue weighted by Crippen LogP contribution is 2.31. The van der Waals surface area contributed by atoms with Crippen molar-refractivity contribution < 1.29 is 4.74 Å². The molecule has 0 aliphatic carbocycles. The largest absolute Gasteiger partial charge is 0.495 e. The average molecular weight is 409 g/mol. The summed E-state index contributed by atoms with van der Waals surface area (Å²) in [6, 6.07) is 9.68. The predicted molar refractivity (Wildman–Crippen MR) is 91.2 cm³/mol. The molecule has 0 aliphatic heterocycles. The molecule has 0 fully saturated rings. The Balaban J connectivity index is 2.02. The summed E-state index contributed by atoms with van der Waals surface area (Å²) in [7, 11) is 1.64. The van der Waals surface area contributed by atoms with Gasteiger partial charge in [0.15, 0.2) is 0 Å². The molecule has 0 aliphatic rings. The Hall–Kier alpha value is -1.66. The minimum Gasteiger partial charge on any atom is -0.495 e. The number of hydrogen-bond acceptors (Lipinski definition) is 4. The lowest BCUT2D eigenvalue weighted by molar-refractivity contribution is 0.412. The quantitative estimate of drug-likeness (QED) is 0.668. The lowest BCUT2D eigenvalue weighted by Crippen LogP contribution is -1.95. The number of benzene rings is 1. The first-order chi connectivity index (χ1) is 10.2. The number of rotatable bonds is 3. The number of halogens is 2. The molecule has 0 atom stereocenters. The molecule has 3 rings (SSSR count). The number of nitrogens with zero attached hydrogens (tertiary/aromatic N) is 2. The highest BCUT2D eigenvalue weighted by atomic mass is 79.9. The first kappa shape index (κ1) is 14.3. The highest BCUT2D eigenvalue weighted by molar-refractivity contribution is 9.10. The van der Waals surface area contributed by atoms with Crippen LogP contribution in [0.15, 0.2) is 51.7 Å². The van der Waals surface area contributed by atoms with Gasteiger partial charge in [-0.25, -0.2) is 0 Å². The molecule has 0 spiro atoms. The van der Waals surface area contributed by atoms with Gasteiger partial charge in [0.2, 0.25) is 0 Å². The van der Waals surface area contributed by atoms with Crippen molar-refractivity contribution in [2.24, 2.45) is 0 Å². The van der Waals surface area contributed by atoms with Crippen molar-refractivity contribution in [1.82, 2.24) is 9.97 Å². The molecule has 1 N–H and O–H groups in total. The van der Waals surface area contributed by atoms with Crippen molar-refractivity contribution in [2.75, 3.05) is 12.4 Å². The van der Waals surface area contributed by atoms with E-state index in [0.717, 1.165) is 37.1 Å². The average Bonchev–Trinajstić information content (AvgIpc) is 2.49. The summed E-state index contributed by atoms with van der Waals surface area (Å²) in [5.74, 6) is 0.772. The van der Waals surface area contributed by atoms with Crippen LogP contribution in [0.25, 0.3) is 11.0 Å². The molecule has 2 heterocycles. The zero-order chi connectivity index (χ0) is 14.8. The molecular formula is C15H11Br2N3O. The molecule has 0 bridgehead atoms. The smallest absolute Gasteiger partial charge is 0.135 e. The van der Waals surface area contributed by atoms with Crippen molar-refractivity contribution >= 4 is 54.3 Å². The third-order valence-electron chi connectivity index (χ3n) is 2.97. The van der Waals surface area contributed by atoms with E-state index < -0.39 is 0 Å². The molecule has 0 saturated carbocycles. The Morgan fingerprint density at radius 2 is 1.95 bits per heavy atom. The van der Waals surface area contributed by atoms with Crippen LogP contribution in [-0.4, -0.2) is 17.1 Å². The van der Waals surface area contributed by atoms with E-state index in [0.29, 0.717) is 0 Å². The van der Waals surface area contributed by atoms with Gasteiger partial charge in [0.05, 0.1) is 22.8 Å². The van der Waals surface area contributed by atoms with Gasteiger partial charge in [0.1, 0.15) is 11.3 Å². The number of nitrogens with one attached hydrogen (secondary N) is 1. The third-order valence-corrected chi connectivity index (χ3v) is 4.06. The van der Waals surface area contributed by atoms with E-state index >= 15 is 0 Å². The molecule has 0 radical (unpaired) electrons. The standard InChI is InChI=1S/C15H11Br2N3O/c1-21-14-7-10(2-3-11(14)17)20-12-4-5-18-13-6-9(16)8-19-15(12)13/h2-8H,1H3,(H,18,20). The summed E-state index contributed by atoms with van der Waals surface area (Å²) in [5.41, 5.74) is 3.48.